The van der Waals surface area contributed by atoms with Gasteiger partial charge in [-0.25, -0.2) is 0 Å². The summed E-state index contributed by atoms with van der Waals surface area (Å²) in [6.45, 7) is 5.10. The molecule has 2 heterocycles. The van der Waals surface area contributed by atoms with Gasteiger partial charge in [-0.1, -0.05) is 37.2 Å². The Balaban J connectivity index is 1.68. The lowest BCUT2D eigenvalue weighted by Gasteiger charge is -2.72. The average Bonchev–Trinajstić information content (AvgIpc) is 3.13. The highest BCUT2D eigenvalue weighted by Gasteiger charge is 2.80. The number of methoxy groups -OCH3 is 2. The van der Waals surface area contributed by atoms with Crippen molar-refractivity contribution in [1.82, 2.24) is 4.90 Å². The van der Waals surface area contributed by atoms with Gasteiger partial charge in [-0.3, -0.25) is 0 Å². The number of likely N-dealkylation sites (N-methyl/N-ethyl adjacent to an activating group) is 1. The molecule has 2 spiro atoms. The van der Waals surface area contributed by atoms with Crippen molar-refractivity contribution in [1.29, 1.82) is 0 Å². The first-order valence-electron chi connectivity index (χ1n) is 11.2. The van der Waals surface area contributed by atoms with Crippen LogP contribution in [0.5, 0.6) is 11.5 Å². The lowest BCUT2D eigenvalue weighted by atomic mass is 9.36. The van der Waals surface area contributed by atoms with E-state index in [4.69, 9.17) is 14.2 Å². The molecular weight excluding hydrogens is 392 g/mol. The van der Waals surface area contributed by atoms with E-state index >= 15 is 0 Å². The van der Waals surface area contributed by atoms with Gasteiger partial charge in [-0.05, 0) is 50.0 Å². The monoisotopic (exact) mass is 422 g/mol. The Morgan fingerprint density at radius 1 is 1.29 bits per heavy atom. The van der Waals surface area contributed by atoms with Gasteiger partial charge in [0.05, 0.1) is 12.5 Å². The third-order valence-corrected chi connectivity index (χ3v) is 9.43. The van der Waals surface area contributed by atoms with Gasteiger partial charge in [-0.2, -0.15) is 0 Å². The van der Waals surface area contributed by atoms with Crippen LogP contribution in [0, 0.1) is 11.3 Å². The molecule has 164 valence electrons. The smallest absolute Gasteiger partial charge is 0.166 e. The van der Waals surface area contributed by atoms with Crippen molar-refractivity contribution in [3.63, 3.8) is 0 Å². The molecule has 0 aromatic heterocycles. The highest BCUT2D eigenvalue weighted by Crippen LogP contribution is 2.75. The minimum Gasteiger partial charge on any atom is -0.493 e. The van der Waals surface area contributed by atoms with Gasteiger partial charge in [0.25, 0.3) is 0 Å². The zero-order valence-corrected chi connectivity index (χ0v) is 18.9. The molecule has 7 heteroatoms. The summed E-state index contributed by atoms with van der Waals surface area (Å²) in [5.41, 5.74) is 10.5. The molecule has 0 N–H and O–H groups in total. The molecule has 4 aliphatic carbocycles. The molecule has 1 saturated heterocycles. The van der Waals surface area contributed by atoms with Crippen LogP contribution in [0.1, 0.15) is 37.8 Å². The molecule has 7 rings (SSSR count). The molecule has 2 fully saturated rings. The summed E-state index contributed by atoms with van der Waals surface area (Å²) in [5, 5.41) is 4.25. The molecule has 0 unspecified atom stereocenters. The van der Waals surface area contributed by atoms with Crippen molar-refractivity contribution in [3.05, 3.63) is 45.9 Å². The van der Waals surface area contributed by atoms with E-state index in [0.717, 1.165) is 37.3 Å². The summed E-state index contributed by atoms with van der Waals surface area (Å²) in [6.07, 6.45) is 7.42. The van der Waals surface area contributed by atoms with E-state index in [0.29, 0.717) is 6.04 Å². The number of azide groups is 1. The van der Waals surface area contributed by atoms with E-state index in [1.54, 1.807) is 14.2 Å². The van der Waals surface area contributed by atoms with Gasteiger partial charge in [0.15, 0.2) is 11.5 Å². The Morgan fingerprint density at radius 2 is 2.10 bits per heavy atom. The Hall–Kier alpha value is -2.21. The second kappa shape index (κ2) is 5.77. The predicted molar refractivity (Wildman–Crippen MR) is 116 cm³/mol. The fraction of sp³-hybridized carbons (Fsp3) is 0.667. The lowest BCUT2D eigenvalue weighted by molar-refractivity contribution is -0.223. The third kappa shape index (κ3) is 1.89. The summed E-state index contributed by atoms with van der Waals surface area (Å²) < 4.78 is 19.1. The Kier molecular flexibility index (Phi) is 3.62. The van der Waals surface area contributed by atoms with Crippen molar-refractivity contribution >= 4 is 0 Å². The Morgan fingerprint density at radius 3 is 2.81 bits per heavy atom. The zero-order valence-electron chi connectivity index (χ0n) is 18.9. The second-order valence-corrected chi connectivity index (χ2v) is 10.6. The van der Waals surface area contributed by atoms with Gasteiger partial charge in [0.2, 0.25) is 0 Å². The van der Waals surface area contributed by atoms with Crippen LogP contribution in [0.2, 0.25) is 0 Å². The minimum atomic E-state index is -0.668. The van der Waals surface area contributed by atoms with Crippen LogP contribution in [0.15, 0.2) is 29.4 Å². The van der Waals surface area contributed by atoms with E-state index in [9.17, 15) is 5.53 Å². The fourth-order valence-electron chi connectivity index (χ4n) is 8.19. The van der Waals surface area contributed by atoms with Crippen LogP contribution in [0.25, 0.3) is 10.4 Å². The van der Waals surface area contributed by atoms with Crippen molar-refractivity contribution in [3.8, 4) is 11.5 Å². The van der Waals surface area contributed by atoms with Crippen molar-refractivity contribution in [2.75, 3.05) is 27.8 Å². The van der Waals surface area contributed by atoms with E-state index < -0.39 is 11.1 Å². The molecule has 6 atom stereocenters. The SMILES string of the molecule is COc1ccc2c3c1O[C@H]1[C@@]4(OC)C=C[C@@]5(C[C@@H]4C(C)(C)N=[N+]=[N-])[C@@H](C2)N(C)CC[C@]315. The topological polar surface area (TPSA) is 79.7 Å². The Bertz CT molecular complexity index is 1060. The third-order valence-electron chi connectivity index (χ3n) is 9.43. The van der Waals surface area contributed by atoms with Crippen molar-refractivity contribution in [2.45, 2.75) is 61.8 Å². The van der Waals surface area contributed by atoms with Crippen LogP contribution in [0.3, 0.4) is 0 Å². The molecule has 7 nitrogen and oxygen atoms in total. The van der Waals surface area contributed by atoms with Gasteiger partial charge >= 0.3 is 0 Å². The Labute approximate surface area is 183 Å². The number of ether oxygens (including phenoxy) is 3. The van der Waals surface area contributed by atoms with Crippen LogP contribution in [-0.2, 0) is 16.6 Å². The summed E-state index contributed by atoms with van der Waals surface area (Å²) in [6, 6.07) is 4.65. The van der Waals surface area contributed by atoms with Gasteiger partial charge in [0.1, 0.15) is 11.7 Å². The molecule has 1 aromatic rings. The molecule has 31 heavy (non-hydrogen) atoms. The predicted octanol–water partition coefficient (Wildman–Crippen LogP) is 4.00. The molecular formula is C24H30N4O3. The first-order valence-corrected chi connectivity index (χ1v) is 11.2. The minimum absolute atomic E-state index is 0.000109. The molecule has 2 aliphatic heterocycles. The number of likely N-dealkylation sites (tertiary alicyclic amines) is 1. The molecule has 4 bridgehead atoms. The van der Waals surface area contributed by atoms with E-state index in [-0.39, 0.29) is 22.9 Å². The highest BCUT2D eigenvalue weighted by atomic mass is 16.6. The van der Waals surface area contributed by atoms with E-state index in [1.807, 2.05) is 19.9 Å². The van der Waals surface area contributed by atoms with Crippen molar-refractivity contribution in [2.24, 2.45) is 16.4 Å². The van der Waals surface area contributed by atoms with Crippen LogP contribution < -0.4 is 9.47 Å². The van der Waals surface area contributed by atoms with Gasteiger partial charge < -0.3 is 19.1 Å². The first kappa shape index (κ1) is 19.5. The standard InChI is InChI=1S/C24H30N4O3/c1-21(2,26-27-25)16-13-22-8-9-24(16,30-5)20-23(22)10-11-28(3)17(22)12-14-6-7-15(29-4)19(31-20)18(14)23/h6-9,16-17,20H,10-13H2,1-5H3/t16-,17-,20-,22-,23+,24-/m1/s1. The number of rotatable bonds is 4. The zero-order chi connectivity index (χ0) is 21.8. The normalized spacial score (nSPS) is 41.4. The molecule has 1 saturated carbocycles. The number of fused-ring (bicyclic) bond motifs is 1. The number of hydrogen-bond acceptors (Lipinski definition) is 5. The molecule has 6 aliphatic rings. The largest absolute Gasteiger partial charge is 0.493 e. The number of piperidine rings is 1. The van der Waals surface area contributed by atoms with Gasteiger partial charge in [-0.15, -0.1) is 0 Å². The van der Waals surface area contributed by atoms with Crippen molar-refractivity contribution < 1.29 is 14.2 Å². The molecule has 0 amide bonds. The molecule has 0 radical (unpaired) electrons. The number of nitrogens with zero attached hydrogens (tertiary/aromatic N) is 4. The summed E-state index contributed by atoms with van der Waals surface area (Å²) in [5.74, 6) is 1.69. The first-order chi connectivity index (χ1) is 14.8. The average molecular weight is 423 g/mol. The maximum absolute atomic E-state index is 9.33. The number of hydrogen-bond donors (Lipinski definition) is 0. The summed E-state index contributed by atoms with van der Waals surface area (Å²) in [4.78, 5) is 5.73. The quantitative estimate of drug-likeness (QED) is 0.318. The summed E-state index contributed by atoms with van der Waals surface area (Å²) >= 11 is 0. The van der Waals surface area contributed by atoms with Gasteiger partial charge in [0, 0.05) is 40.5 Å². The van der Waals surface area contributed by atoms with E-state index in [2.05, 4.69) is 40.2 Å². The molecule has 1 aromatic carbocycles. The number of benzene rings is 1. The van der Waals surface area contributed by atoms with Crippen LogP contribution in [-0.4, -0.2) is 56.0 Å². The van der Waals surface area contributed by atoms with Crippen LogP contribution in [0.4, 0.5) is 0 Å². The van der Waals surface area contributed by atoms with E-state index in [1.165, 1.54) is 11.1 Å². The maximum atomic E-state index is 9.33. The summed E-state index contributed by atoms with van der Waals surface area (Å²) in [7, 11) is 5.74. The highest BCUT2D eigenvalue weighted by molar-refractivity contribution is 5.65. The maximum Gasteiger partial charge on any atom is 0.166 e. The second-order valence-electron chi connectivity index (χ2n) is 10.6. The van der Waals surface area contributed by atoms with Crippen LogP contribution >= 0.6 is 0 Å². The fourth-order valence-corrected chi connectivity index (χ4v) is 8.19. The lowest BCUT2D eigenvalue weighted by Crippen LogP contribution is -2.80.